The molecule has 0 bridgehead atoms. The molecule has 5 rings (SSSR count). The van der Waals surface area contributed by atoms with E-state index < -0.39 is 0 Å². The molecule has 5 nitrogen and oxygen atoms in total. The number of nitrogens with one attached hydrogen (secondary N) is 1. The van der Waals surface area contributed by atoms with E-state index in [2.05, 4.69) is 53.8 Å². The molecule has 34 heavy (non-hydrogen) atoms. The Morgan fingerprint density at radius 3 is 2.53 bits per heavy atom. The van der Waals surface area contributed by atoms with Crippen LogP contribution in [0.15, 0.2) is 89.1 Å². The van der Waals surface area contributed by atoms with Crippen molar-refractivity contribution in [2.75, 3.05) is 4.90 Å². The summed E-state index contributed by atoms with van der Waals surface area (Å²) >= 11 is 11.9. The number of anilines is 1. The van der Waals surface area contributed by atoms with Crippen LogP contribution in [0.3, 0.4) is 0 Å². The lowest BCUT2D eigenvalue weighted by atomic mass is 9.94. The molecule has 170 valence electrons. The van der Waals surface area contributed by atoms with Crippen LogP contribution >= 0.6 is 23.8 Å². The number of thiocarbonyl (C=S) groups is 1. The predicted octanol–water partition coefficient (Wildman–Crippen LogP) is 6.82. The fourth-order valence-electron chi connectivity index (χ4n) is 4.19. The molecular weight excluding hydrogens is 464 g/mol. The summed E-state index contributed by atoms with van der Waals surface area (Å²) in [5.41, 5.74) is 5.96. The topological polar surface area (TPSA) is 54.2 Å². The van der Waals surface area contributed by atoms with E-state index in [1.807, 2.05) is 54.3 Å². The minimum absolute atomic E-state index is 0.224. The molecule has 7 heteroatoms. The molecule has 0 fully saturated rings. The number of benzene rings is 3. The van der Waals surface area contributed by atoms with Crippen LogP contribution < -0.4 is 10.2 Å². The highest BCUT2D eigenvalue weighted by molar-refractivity contribution is 7.80. The van der Waals surface area contributed by atoms with Crippen LogP contribution in [0.1, 0.15) is 36.9 Å². The second kappa shape index (κ2) is 9.41. The Morgan fingerprint density at radius 2 is 1.79 bits per heavy atom. The predicted molar refractivity (Wildman–Crippen MR) is 141 cm³/mol. The largest absolute Gasteiger partial charge is 0.351 e. The van der Waals surface area contributed by atoms with Crippen molar-refractivity contribution in [2.24, 2.45) is 0 Å². The van der Waals surface area contributed by atoms with Crippen molar-refractivity contribution in [2.45, 2.75) is 26.3 Å². The standard InChI is InChI=1S/C27H23ClN4OS/c1-3-18-8-7-11-22(16-18)32-17(2)23(24(29-27(32)34)19-9-5-4-6-10-19)26-30-25(31-33-26)20-12-14-21(28)15-13-20/h4-16,24H,3H2,1-2H3,(H,29,34). The molecule has 0 aliphatic carbocycles. The van der Waals surface area contributed by atoms with Gasteiger partial charge in [0.25, 0.3) is 5.89 Å². The Bertz CT molecular complexity index is 1360. The summed E-state index contributed by atoms with van der Waals surface area (Å²) in [6.45, 7) is 4.19. The van der Waals surface area contributed by atoms with Gasteiger partial charge in [0, 0.05) is 22.0 Å². The number of rotatable bonds is 5. The van der Waals surface area contributed by atoms with Crippen molar-refractivity contribution in [3.8, 4) is 11.4 Å². The molecule has 0 saturated heterocycles. The van der Waals surface area contributed by atoms with Gasteiger partial charge in [0.15, 0.2) is 5.11 Å². The van der Waals surface area contributed by atoms with E-state index in [1.165, 1.54) is 5.56 Å². The molecule has 1 unspecified atom stereocenters. The van der Waals surface area contributed by atoms with Gasteiger partial charge >= 0.3 is 0 Å². The average molecular weight is 487 g/mol. The molecule has 1 N–H and O–H groups in total. The van der Waals surface area contributed by atoms with Gasteiger partial charge in [0.1, 0.15) is 0 Å². The third-order valence-electron chi connectivity index (χ3n) is 5.95. The van der Waals surface area contributed by atoms with E-state index >= 15 is 0 Å². The monoisotopic (exact) mass is 486 g/mol. The Kier molecular flexibility index (Phi) is 6.18. The summed E-state index contributed by atoms with van der Waals surface area (Å²) in [7, 11) is 0. The van der Waals surface area contributed by atoms with Crippen molar-refractivity contribution in [1.82, 2.24) is 15.5 Å². The number of aryl methyl sites for hydroxylation is 1. The van der Waals surface area contributed by atoms with Gasteiger partial charge < -0.3 is 9.84 Å². The summed E-state index contributed by atoms with van der Waals surface area (Å²) in [5, 5.41) is 9.05. The van der Waals surface area contributed by atoms with Gasteiger partial charge in [-0.05, 0) is 73.1 Å². The first-order chi connectivity index (χ1) is 16.5. The first-order valence-electron chi connectivity index (χ1n) is 11.1. The molecule has 1 aliphatic rings. The van der Waals surface area contributed by atoms with Crippen molar-refractivity contribution in [3.05, 3.63) is 107 Å². The minimum atomic E-state index is -0.224. The van der Waals surface area contributed by atoms with Crippen LogP contribution in [0.4, 0.5) is 5.69 Å². The molecule has 0 radical (unpaired) electrons. The lowest BCUT2D eigenvalue weighted by Crippen LogP contribution is -2.46. The summed E-state index contributed by atoms with van der Waals surface area (Å²) in [6.07, 6.45) is 0.943. The van der Waals surface area contributed by atoms with Gasteiger partial charge in [-0.3, -0.25) is 4.90 Å². The molecule has 0 spiro atoms. The maximum Gasteiger partial charge on any atom is 0.258 e. The molecule has 4 aromatic rings. The number of halogens is 1. The zero-order chi connectivity index (χ0) is 23.7. The highest BCUT2D eigenvalue weighted by Gasteiger charge is 2.34. The highest BCUT2D eigenvalue weighted by atomic mass is 35.5. The van der Waals surface area contributed by atoms with E-state index in [-0.39, 0.29) is 6.04 Å². The number of nitrogens with zero attached hydrogens (tertiary/aromatic N) is 3. The molecule has 1 aromatic heterocycles. The van der Waals surface area contributed by atoms with Gasteiger partial charge in [0.05, 0.1) is 11.6 Å². The molecule has 1 aliphatic heterocycles. The van der Waals surface area contributed by atoms with Gasteiger partial charge in [-0.1, -0.05) is 66.1 Å². The Morgan fingerprint density at radius 1 is 1.03 bits per heavy atom. The molecule has 3 aromatic carbocycles. The third kappa shape index (κ3) is 4.22. The van der Waals surface area contributed by atoms with Crippen LogP contribution in [0.25, 0.3) is 17.0 Å². The summed E-state index contributed by atoms with van der Waals surface area (Å²) in [4.78, 5) is 6.80. The van der Waals surface area contributed by atoms with Crippen molar-refractivity contribution in [3.63, 3.8) is 0 Å². The Labute approximate surface area is 209 Å². The Hall–Kier alpha value is -3.48. The normalized spacial score (nSPS) is 16.0. The third-order valence-corrected chi connectivity index (χ3v) is 6.51. The van der Waals surface area contributed by atoms with Crippen molar-refractivity contribution >= 4 is 40.2 Å². The molecule has 2 heterocycles. The SMILES string of the molecule is CCc1cccc(N2C(=S)NC(c3ccccc3)C(c3nc(-c4ccc(Cl)cc4)no3)=C2C)c1. The maximum atomic E-state index is 6.04. The molecule has 0 amide bonds. The van der Waals surface area contributed by atoms with Crippen molar-refractivity contribution < 1.29 is 4.52 Å². The van der Waals surface area contributed by atoms with Gasteiger partial charge in [-0.25, -0.2) is 0 Å². The minimum Gasteiger partial charge on any atom is -0.351 e. The second-order valence-corrected chi connectivity index (χ2v) is 8.90. The van der Waals surface area contributed by atoms with Crippen LogP contribution in [0.2, 0.25) is 5.02 Å². The quantitative estimate of drug-likeness (QED) is 0.312. The summed E-state index contributed by atoms with van der Waals surface area (Å²) < 4.78 is 5.81. The van der Waals surface area contributed by atoms with E-state index in [0.717, 1.165) is 34.5 Å². The van der Waals surface area contributed by atoms with Crippen LogP contribution in [-0.4, -0.2) is 15.3 Å². The van der Waals surface area contributed by atoms with E-state index in [1.54, 1.807) is 0 Å². The lowest BCUT2D eigenvalue weighted by molar-refractivity contribution is 0.404. The first kappa shape index (κ1) is 22.3. The fraction of sp³-hybridized carbons (Fsp3) is 0.148. The number of hydrogen-bond donors (Lipinski definition) is 1. The van der Waals surface area contributed by atoms with Gasteiger partial charge in [0.2, 0.25) is 5.82 Å². The number of hydrogen-bond acceptors (Lipinski definition) is 4. The van der Waals surface area contributed by atoms with Gasteiger partial charge in [-0.15, -0.1) is 0 Å². The van der Waals surface area contributed by atoms with Crippen molar-refractivity contribution in [1.29, 1.82) is 0 Å². The van der Waals surface area contributed by atoms with E-state index in [0.29, 0.717) is 21.9 Å². The zero-order valence-corrected chi connectivity index (χ0v) is 20.4. The molecular formula is C27H23ClN4OS. The molecule has 0 saturated carbocycles. The Balaban J connectivity index is 1.65. The number of allylic oxidation sites excluding steroid dienone is 1. The van der Waals surface area contributed by atoms with Gasteiger partial charge in [-0.2, -0.15) is 4.98 Å². The molecule has 1 atom stereocenters. The second-order valence-electron chi connectivity index (χ2n) is 8.08. The average Bonchev–Trinajstić information content (AvgIpc) is 3.34. The maximum absolute atomic E-state index is 6.04. The first-order valence-corrected chi connectivity index (χ1v) is 11.9. The fourth-order valence-corrected chi connectivity index (χ4v) is 4.68. The smallest absolute Gasteiger partial charge is 0.258 e. The van der Waals surface area contributed by atoms with Crippen LogP contribution in [0, 0.1) is 0 Å². The van der Waals surface area contributed by atoms with E-state index in [9.17, 15) is 0 Å². The highest BCUT2D eigenvalue weighted by Crippen LogP contribution is 2.39. The zero-order valence-electron chi connectivity index (χ0n) is 18.8. The number of aromatic nitrogens is 2. The van der Waals surface area contributed by atoms with E-state index in [4.69, 9.17) is 33.3 Å². The summed E-state index contributed by atoms with van der Waals surface area (Å²) in [6, 6.07) is 25.7. The van der Waals surface area contributed by atoms with Crippen LogP contribution in [-0.2, 0) is 6.42 Å². The lowest BCUT2D eigenvalue weighted by Gasteiger charge is -2.37. The van der Waals surface area contributed by atoms with Crippen LogP contribution in [0.5, 0.6) is 0 Å². The summed E-state index contributed by atoms with van der Waals surface area (Å²) in [5.74, 6) is 0.953.